The Balaban J connectivity index is 2.03. The van der Waals surface area contributed by atoms with E-state index in [1.54, 1.807) is 19.6 Å². The maximum absolute atomic E-state index is 11.9. The lowest BCUT2D eigenvalue weighted by Gasteiger charge is -2.01. The van der Waals surface area contributed by atoms with Crippen molar-refractivity contribution in [2.24, 2.45) is 0 Å². The molecule has 1 atom stereocenters. The Morgan fingerprint density at radius 1 is 1.38 bits per heavy atom. The molecule has 0 saturated carbocycles. The smallest absolute Gasteiger partial charge is 0.263 e. The van der Waals surface area contributed by atoms with Gasteiger partial charge in [0.2, 0.25) is 0 Å². The van der Waals surface area contributed by atoms with E-state index in [1.807, 2.05) is 24.3 Å². The molecule has 21 heavy (non-hydrogen) atoms. The molecular weight excluding hydrogens is 308 g/mol. The minimum atomic E-state index is -0.905. The second-order valence-electron chi connectivity index (χ2n) is 4.29. The summed E-state index contributed by atoms with van der Waals surface area (Å²) in [5, 5.41) is 3.51. The topological polar surface area (TPSA) is 68.3 Å². The number of nitrogens with one attached hydrogen (secondary N) is 1. The van der Waals surface area contributed by atoms with Crippen LogP contribution in [0.5, 0.6) is 5.75 Å². The van der Waals surface area contributed by atoms with Crippen LogP contribution in [0.3, 0.4) is 0 Å². The summed E-state index contributed by atoms with van der Waals surface area (Å²) in [6.07, 6.45) is 3.17. The molecular formula is C14H16N2O3S2. The first kappa shape index (κ1) is 15.7. The summed E-state index contributed by atoms with van der Waals surface area (Å²) in [6, 6.07) is 7.51. The maximum atomic E-state index is 11.9. The van der Waals surface area contributed by atoms with Gasteiger partial charge in [0.1, 0.15) is 15.6 Å². The zero-order valence-electron chi connectivity index (χ0n) is 11.8. The predicted molar refractivity (Wildman–Crippen MR) is 85.4 cm³/mol. The molecule has 0 unspecified atom stereocenters. The number of carbonyl (C=O) groups is 1. The molecule has 1 amide bonds. The number of aromatic nitrogens is 1. The maximum Gasteiger partial charge on any atom is 0.263 e. The van der Waals surface area contributed by atoms with Gasteiger partial charge in [-0.25, -0.2) is 4.98 Å². The zero-order valence-corrected chi connectivity index (χ0v) is 13.4. The van der Waals surface area contributed by atoms with Crippen molar-refractivity contribution in [1.82, 2.24) is 10.3 Å². The summed E-state index contributed by atoms with van der Waals surface area (Å²) in [7, 11) is 0.710. The van der Waals surface area contributed by atoms with Crippen molar-refractivity contribution < 1.29 is 13.7 Å². The molecule has 2 aromatic rings. The van der Waals surface area contributed by atoms with Crippen LogP contribution in [0.15, 0.2) is 30.5 Å². The molecule has 1 heterocycles. The Morgan fingerprint density at radius 2 is 2.10 bits per heavy atom. The molecule has 0 fully saturated rings. The third-order valence-electron chi connectivity index (χ3n) is 2.74. The highest BCUT2D eigenvalue weighted by Gasteiger charge is 2.11. The average Bonchev–Trinajstić information content (AvgIpc) is 2.97. The molecule has 0 saturated heterocycles. The molecule has 0 aliphatic rings. The van der Waals surface area contributed by atoms with Crippen molar-refractivity contribution in [3.05, 3.63) is 35.3 Å². The van der Waals surface area contributed by atoms with Crippen molar-refractivity contribution in [3.8, 4) is 16.3 Å². The number of methoxy groups -OCH3 is 1. The van der Waals surface area contributed by atoms with Crippen molar-refractivity contribution in [2.45, 2.75) is 0 Å². The highest BCUT2D eigenvalue weighted by atomic mass is 32.2. The highest BCUT2D eigenvalue weighted by molar-refractivity contribution is 7.84. The first-order valence-corrected chi connectivity index (χ1v) is 8.83. The third kappa shape index (κ3) is 4.37. The fourth-order valence-corrected chi connectivity index (χ4v) is 2.87. The molecule has 2 rings (SSSR count). The summed E-state index contributed by atoms with van der Waals surface area (Å²) in [6.45, 7) is 0.401. The van der Waals surface area contributed by atoms with E-state index < -0.39 is 10.8 Å². The van der Waals surface area contributed by atoms with Crippen LogP contribution >= 0.6 is 11.3 Å². The lowest BCUT2D eigenvalue weighted by Crippen LogP contribution is -2.26. The largest absolute Gasteiger partial charge is 0.497 e. The Labute approximate surface area is 129 Å². The fourth-order valence-electron chi connectivity index (χ4n) is 1.64. The van der Waals surface area contributed by atoms with Crippen molar-refractivity contribution in [1.29, 1.82) is 0 Å². The predicted octanol–water partition coefficient (Wildman–Crippen LogP) is 1.93. The number of rotatable bonds is 6. The van der Waals surface area contributed by atoms with E-state index in [-0.39, 0.29) is 5.91 Å². The van der Waals surface area contributed by atoms with Crippen LogP contribution in [-0.2, 0) is 10.8 Å². The van der Waals surface area contributed by atoms with Gasteiger partial charge in [-0.15, -0.1) is 11.3 Å². The van der Waals surface area contributed by atoms with Crippen LogP contribution in [0.4, 0.5) is 0 Å². The van der Waals surface area contributed by atoms with Gasteiger partial charge in [0.25, 0.3) is 5.91 Å². The summed E-state index contributed by atoms with van der Waals surface area (Å²) < 4.78 is 16.0. The lowest BCUT2D eigenvalue weighted by molar-refractivity contribution is 0.0960. The molecule has 1 aromatic heterocycles. The normalized spacial score (nSPS) is 11.9. The van der Waals surface area contributed by atoms with Crippen LogP contribution in [0.1, 0.15) is 9.67 Å². The van der Waals surface area contributed by atoms with Crippen molar-refractivity contribution in [2.75, 3.05) is 25.7 Å². The molecule has 5 nitrogen and oxygen atoms in total. The van der Waals surface area contributed by atoms with Gasteiger partial charge in [-0.3, -0.25) is 9.00 Å². The standard InChI is InChI=1S/C14H16N2O3S2/c1-19-11-5-3-10(4-6-11)14-16-9-12(20-14)13(17)15-7-8-21(2)18/h3-6,9H,7-8H2,1-2H3,(H,15,17)/t21-/m1/s1. The molecule has 0 radical (unpaired) electrons. The Bertz CT molecular complexity index is 638. The van der Waals surface area contributed by atoms with E-state index >= 15 is 0 Å². The van der Waals surface area contributed by atoms with Gasteiger partial charge in [0.15, 0.2) is 0 Å². The van der Waals surface area contributed by atoms with Gasteiger partial charge in [0.05, 0.1) is 13.3 Å². The number of thiazole rings is 1. The number of carbonyl (C=O) groups excluding carboxylic acids is 1. The molecule has 0 aliphatic heterocycles. The minimum absolute atomic E-state index is 0.183. The summed E-state index contributed by atoms with van der Waals surface area (Å²) in [4.78, 5) is 16.7. The van der Waals surface area contributed by atoms with Gasteiger partial charge < -0.3 is 10.1 Å². The Morgan fingerprint density at radius 3 is 2.71 bits per heavy atom. The second kappa shape index (κ2) is 7.33. The summed E-state index contributed by atoms with van der Waals surface area (Å²) in [5.41, 5.74) is 0.939. The van der Waals surface area contributed by atoms with Gasteiger partial charge in [-0.05, 0) is 24.3 Å². The zero-order chi connectivity index (χ0) is 15.2. The molecule has 7 heteroatoms. The first-order valence-electron chi connectivity index (χ1n) is 6.28. The lowest BCUT2D eigenvalue weighted by atomic mass is 10.2. The molecule has 0 spiro atoms. The first-order chi connectivity index (χ1) is 10.1. The second-order valence-corrected chi connectivity index (χ2v) is 6.88. The van der Waals surface area contributed by atoms with E-state index in [9.17, 15) is 9.00 Å². The number of ether oxygens (including phenoxy) is 1. The number of benzene rings is 1. The van der Waals surface area contributed by atoms with Gasteiger partial charge in [-0.2, -0.15) is 0 Å². The number of amides is 1. The molecule has 0 aliphatic carbocycles. The van der Waals surface area contributed by atoms with E-state index in [0.717, 1.165) is 16.3 Å². The minimum Gasteiger partial charge on any atom is -0.497 e. The van der Waals surface area contributed by atoms with Crippen LogP contribution in [0.2, 0.25) is 0 Å². The van der Waals surface area contributed by atoms with E-state index in [2.05, 4.69) is 10.3 Å². The number of hydrogen-bond acceptors (Lipinski definition) is 5. The SMILES string of the molecule is COc1ccc(-c2ncc(C(=O)NCC[S@@](C)=O)s2)cc1. The summed E-state index contributed by atoms with van der Waals surface area (Å²) in [5.74, 6) is 1.05. The Hall–Kier alpha value is -1.73. The fraction of sp³-hybridized carbons (Fsp3) is 0.286. The quantitative estimate of drug-likeness (QED) is 0.881. The molecule has 0 bridgehead atoms. The molecule has 1 N–H and O–H groups in total. The molecule has 1 aromatic carbocycles. The van der Waals surface area contributed by atoms with E-state index in [1.165, 1.54) is 11.3 Å². The van der Waals surface area contributed by atoms with E-state index in [4.69, 9.17) is 4.74 Å². The van der Waals surface area contributed by atoms with Crippen molar-refractivity contribution in [3.63, 3.8) is 0 Å². The summed E-state index contributed by atoms with van der Waals surface area (Å²) >= 11 is 1.33. The van der Waals surface area contributed by atoms with Crippen LogP contribution < -0.4 is 10.1 Å². The average molecular weight is 324 g/mol. The monoisotopic (exact) mass is 324 g/mol. The van der Waals surface area contributed by atoms with Crippen LogP contribution in [0.25, 0.3) is 10.6 Å². The number of hydrogen-bond donors (Lipinski definition) is 1. The van der Waals surface area contributed by atoms with E-state index in [0.29, 0.717) is 17.2 Å². The highest BCUT2D eigenvalue weighted by Crippen LogP contribution is 2.26. The molecule has 112 valence electrons. The number of nitrogens with zero attached hydrogens (tertiary/aromatic N) is 1. The van der Waals surface area contributed by atoms with Gasteiger partial charge in [0, 0.05) is 34.9 Å². The third-order valence-corrected chi connectivity index (χ3v) is 4.57. The van der Waals surface area contributed by atoms with Crippen LogP contribution in [0, 0.1) is 0 Å². The van der Waals surface area contributed by atoms with Gasteiger partial charge >= 0.3 is 0 Å². The Kier molecular flexibility index (Phi) is 5.46. The van der Waals surface area contributed by atoms with Crippen LogP contribution in [-0.4, -0.2) is 40.8 Å². The van der Waals surface area contributed by atoms with Crippen molar-refractivity contribution >= 4 is 28.0 Å². The van der Waals surface area contributed by atoms with Gasteiger partial charge in [-0.1, -0.05) is 0 Å².